The molecule has 2 heterocycles. The summed E-state index contributed by atoms with van der Waals surface area (Å²) in [5.41, 5.74) is 0.880. The lowest BCUT2D eigenvalue weighted by Gasteiger charge is -2.34. The molecule has 1 aliphatic heterocycles. The van der Waals surface area contributed by atoms with Gasteiger partial charge < -0.3 is 9.42 Å². The van der Waals surface area contributed by atoms with Crippen molar-refractivity contribution >= 4 is 17.5 Å². The first kappa shape index (κ1) is 17.9. The third-order valence-corrected chi connectivity index (χ3v) is 4.65. The van der Waals surface area contributed by atoms with Crippen molar-refractivity contribution in [3.63, 3.8) is 0 Å². The normalized spacial score (nSPS) is 15.5. The lowest BCUT2D eigenvalue weighted by Crippen LogP contribution is -2.48. The van der Waals surface area contributed by atoms with E-state index in [4.69, 9.17) is 16.1 Å². The van der Waals surface area contributed by atoms with E-state index in [0.717, 1.165) is 44.6 Å². The van der Waals surface area contributed by atoms with E-state index in [1.54, 1.807) is 0 Å². The third kappa shape index (κ3) is 4.80. The van der Waals surface area contributed by atoms with Crippen molar-refractivity contribution in [2.45, 2.75) is 32.7 Å². The summed E-state index contributed by atoms with van der Waals surface area (Å²) >= 11 is 5.90. The van der Waals surface area contributed by atoms with Crippen LogP contribution in [0.5, 0.6) is 0 Å². The topological polar surface area (TPSA) is 62.5 Å². The first-order valence-corrected chi connectivity index (χ1v) is 9.12. The molecule has 0 spiro atoms. The molecule has 7 heteroatoms. The minimum atomic E-state index is 0.268. The highest BCUT2D eigenvalue weighted by atomic mass is 35.5. The van der Waals surface area contributed by atoms with Crippen LogP contribution in [0.3, 0.4) is 0 Å². The van der Waals surface area contributed by atoms with E-state index < -0.39 is 0 Å². The second kappa shape index (κ2) is 8.45. The largest absolute Gasteiger partial charge is 0.340 e. The van der Waals surface area contributed by atoms with E-state index in [1.807, 2.05) is 29.2 Å². The van der Waals surface area contributed by atoms with Crippen LogP contribution >= 0.6 is 11.6 Å². The molecule has 0 saturated carbocycles. The van der Waals surface area contributed by atoms with Crippen LogP contribution < -0.4 is 0 Å². The summed E-state index contributed by atoms with van der Waals surface area (Å²) in [7, 11) is 0. The van der Waals surface area contributed by atoms with E-state index >= 15 is 0 Å². The van der Waals surface area contributed by atoms with Crippen molar-refractivity contribution < 1.29 is 9.32 Å². The quantitative estimate of drug-likeness (QED) is 0.789. The van der Waals surface area contributed by atoms with Gasteiger partial charge in [0.15, 0.2) is 0 Å². The molecule has 0 unspecified atom stereocenters. The Morgan fingerprint density at radius 1 is 1.20 bits per heavy atom. The number of carbonyl (C=O) groups excluding carboxylic acids is 1. The fraction of sp³-hybridized carbons (Fsp3) is 0.500. The van der Waals surface area contributed by atoms with Crippen LogP contribution in [-0.2, 0) is 11.3 Å². The lowest BCUT2D eigenvalue weighted by atomic mass is 10.2. The highest BCUT2D eigenvalue weighted by molar-refractivity contribution is 6.30. The Balaban J connectivity index is 1.51. The van der Waals surface area contributed by atoms with Gasteiger partial charge in [0.2, 0.25) is 17.6 Å². The van der Waals surface area contributed by atoms with Gasteiger partial charge in [0.25, 0.3) is 0 Å². The molecule has 1 saturated heterocycles. The molecule has 0 atom stereocenters. The molecule has 25 heavy (non-hydrogen) atoms. The standard InChI is InChI=1S/C18H23ClN4O2/c1-2-3-4-17(24)23-11-9-22(10-12-23)13-16-20-18(21-25-16)14-5-7-15(19)8-6-14/h5-8H,2-4,9-13H2,1H3. The number of hydrogen-bond acceptors (Lipinski definition) is 5. The summed E-state index contributed by atoms with van der Waals surface area (Å²) < 4.78 is 5.36. The zero-order valence-corrected chi connectivity index (χ0v) is 15.2. The fourth-order valence-electron chi connectivity index (χ4n) is 2.87. The van der Waals surface area contributed by atoms with Crippen molar-refractivity contribution in [2.24, 2.45) is 0 Å². The van der Waals surface area contributed by atoms with E-state index in [2.05, 4.69) is 22.0 Å². The number of halogens is 1. The summed E-state index contributed by atoms with van der Waals surface area (Å²) in [6.07, 6.45) is 2.68. The molecular formula is C18H23ClN4O2. The molecule has 1 aliphatic rings. The Hall–Kier alpha value is -1.92. The zero-order valence-electron chi connectivity index (χ0n) is 14.4. The monoisotopic (exact) mass is 362 g/mol. The number of carbonyl (C=O) groups is 1. The second-order valence-electron chi connectivity index (χ2n) is 6.28. The van der Waals surface area contributed by atoms with Crippen LogP contribution in [0.2, 0.25) is 5.02 Å². The second-order valence-corrected chi connectivity index (χ2v) is 6.72. The number of rotatable bonds is 6. The van der Waals surface area contributed by atoms with Crippen LogP contribution in [0.15, 0.2) is 28.8 Å². The molecule has 0 aliphatic carbocycles. The fourth-order valence-corrected chi connectivity index (χ4v) is 2.99. The Morgan fingerprint density at radius 2 is 1.92 bits per heavy atom. The predicted octanol–water partition coefficient (Wildman–Crippen LogP) is 3.22. The van der Waals surface area contributed by atoms with Gasteiger partial charge in [-0.05, 0) is 30.7 Å². The Morgan fingerprint density at radius 3 is 2.60 bits per heavy atom. The molecule has 0 bridgehead atoms. The Kier molecular flexibility index (Phi) is 6.04. The predicted molar refractivity (Wildman–Crippen MR) is 96.1 cm³/mol. The van der Waals surface area contributed by atoms with Crippen LogP contribution in [0.1, 0.15) is 32.1 Å². The maximum absolute atomic E-state index is 12.1. The minimum absolute atomic E-state index is 0.268. The summed E-state index contributed by atoms with van der Waals surface area (Å²) in [6.45, 7) is 5.90. The molecule has 134 valence electrons. The van der Waals surface area contributed by atoms with Crippen molar-refractivity contribution in [3.8, 4) is 11.4 Å². The molecular weight excluding hydrogens is 340 g/mol. The van der Waals surface area contributed by atoms with E-state index in [1.165, 1.54) is 0 Å². The van der Waals surface area contributed by atoms with Crippen molar-refractivity contribution in [3.05, 3.63) is 35.2 Å². The van der Waals surface area contributed by atoms with Gasteiger partial charge in [0.05, 0.1) is 6.54 Å². The average molecular weight is 363 g/mol. The molecule has 6 nitrogen and oxygen atoms in total. The molecule has 1 aromatic heterocycles. The maximum atomic E-state index is 12.1. The molecule has 3 rings (SSSR count). The number of unbranched alkanes of at least 4 members (excludes halogenated alkanes) is 1. The highest BCUT2D eigenvalue weighted by Crippen LogP contribution is 2.19. The van der Waals surface area contributed by atoms with Gasteiger partial charge >= 0.3 is 0 Å². The summed E-state index contributed by atoms with van der Waals surface area (Å²) in [5.74, 6) is 1.43. The number of aromatic nitrogens is 2. The summed E-state index contributed by atoms with van der Waals surface area (Å²) in [4.78, 5) is 20.7. The van der Waals surface area contributed by atoms with E-state index in [0.29, 0.717) is 29.7 Å². The zero-order chi connectivity index (χ0) is 17.6. The number of nitrogens with zero attached hydrogens (tertiary/aromatic N) is 4. The lowest BCUT2D eigenvalue weighted by molar-refractivity contribution is -0.133. The van der Waals surface area contributed by atoms with Gasteiger partial charge in [0, 0.05) is 43.2 Å². The summed E-state index contributed by atoms with van der Waals surface area (Å²) in [5, 5.41) is 4.72. The Bertz CT molecular complexity index is 693. The molecule has 1 fully saturated rings. The van der Waals surface area contributed by atoms with Gasteiger partial charge in [-0.3, -0.25) is 9.69 Å². The van der Waals surface area contributed by atoms with Crippen LogP contribution in [0.25, 0.3) is 11.4 Å². The number of hydrogen-bond donors (Lipinski definition) is 0. The van der Waals surface area contributed by atoms with Crippen LogP contribution in [-0.4, -0.2) is 52.0 Å². The number of piperazine rings is 1. The van der Waals surface area contributed by atoms with Crippen molar-refractivity contribution in [2.75, 3.05) is 26.2 Å². The molecule has 1 amide bonds. The maximum Gasteiger partial charge on any atom is 0.241 e. The van der Waals surface area contributed by atoms with Crippen LogP contribution in [0, 0.1) is 0 Å². The van der Waals surface area contributed by atoms with Crippen LogP contribution in [0.4, 0.5) is 0 Å². The van der Waals surface area contributed by atoms with Gasteiger partial charge in [-0.1, -0.05) is 30.1 Å². The van der Waals surface area contributed by atoms with Gasteiger partial charge in [-0.15, -0.1) is 0 Å². The number of benzene rings is 1. The SMILES string of the molecule is CCCCC(=O)N1CCN(Cc2nc(-c3ccc(Cl)cc3)no2)CC1. The van der Waals surface area contributed by atoms with Gasteiger partial charge in [-0.25, -0.2) is 0 Å². The third-order valence-electron chi connectivity index (χ3n) is 4.40. The first-order chi connectivity index (χ1) is 12.2. The molecule has 0 N–H and O–H groups in total. The Labute approximate surface area is 152 Å². The van der Waals surface area contributed by atoms with E-state index in [9.17, 15) is 4.79 Å². The van der Waals surface area contributed by atoms with Gasteiger partial charge in [0.1, 0.15) is 0 Å². The molecule has 0 radical (unpaired) electrons. The summed E-state index contributed by atoms with van der Waals surface area (Å²) in [6, 6.07) is 7.36. The first-order valence-electron chi connectivity index (χ1n) is 8.74. The van der Waals surface area contributed by atoms with Crippen molar-refractivity contribution in [1.82, 2.24) is 19.9 Å². The average Bonchev–Trinajstić information content (AvgIpc) is 3.09. The van der Waals surface area contributed by atoms with E-state index in [-0.39, 0.29) is 5.91 Å². The molecule has 2 aromatic rings. The highest BCUT2D eigenvalue weighted by Gasteiger charge is 2.22. The van der Waals surface area contributed by atoms with Gasteiger partial charge in [-0.2, -0.15) is 4.98 Å². The molecule has 1 aromatic carbocycles. The van der Waals surface area contributed by atoms with Crippen molar-refractivity contribution in [1.29, 1.82) is 0 Å². The minimum Gasteiger partial charge on any atom is -0.340 e. The number of amides is 1. The smallest absolute Gasteiger partial charge is 0.241 e.